The van der Waals surface area contributed by atoms with Gasteiger partial charge < -0.3 is 4.74 Å². The van der Waals surface area contributed by atoms with Crippen molar-refractivity contribution in [2.45, 2.75) is 12.4 Å². The van der Waals surface area contributed by atoms with Gasteiger partial charge in [0.25, 0.3) is 0 Å². The van der Waals surface area contributed by atoms with Crippen molar-refractivity contribution >= 4 is 11.8 Å². The third-order valence-electron chi connectivity index (χ3n) is 1.49. The van der Waals surface area contributed by atoms with Gasteiger partial charge in [0.05, 0.1) is 13.2 Å². The molecule has 0 spiro atoms. The van der Waals surface area contributed by atoms with Gasteiger partial charge in [0.2, 0.25) is 0 Å². The van der Waals surface area contributed by atoms with E-state index >= 15 is 0 Å². The number of carbonyl (C=O) groups excluding carboxylic acids is 2. The minimum absolute atomic E-state index is 0.635. The molecule has 0 saturated heterocycles. The van der Waals surface area contributed by atoms with E-state index in [0.717, 1.165) is 7.11 Å². The highest BCUT2D eigenvalue weighted by Crippen LogP contribution is 2.24. The van der Waals surface area contributed by atoms with Gasteiger partial charge in [0, 0.05) is 7.11 Å². The normalized spacial score (nSPS) is 12.4. The maximum absolute atomic E-state index is 11.9. The Labute approximate surface area is 91.1 Å². The summed E-state index contributed by atoms with van der Waals surface area (Å²) in [7, 11) is 0.994. The molecule has 10 heteroatoms. The Morgan fingerprint density at radius 3 is 1.59 bits per heavy atom. The first kappa shape index (κ1) is 15.7. The maximum atomic E-state index is 11.9. The van der Waals surface area contributed by atoms with E-state index in [4.69, 9.17) is 0 Å². The van der Waals surface area contributed by atoms with Crippen LogP contribution in [0.1, 0.15) is 0 Å². The standard InChI is InChI=1S/C7H7F6NO3/c1-17-3-2-14(4(15)6(8,9)10)5(16)7(11,12)13/h2-3H2,1H3. The molecule has 0 aliphatic heterocycles. The molecule has 0 rings (SSSR count). The fourth-order valence-corrected chi connectivity index (χ4v) is 0.784. The molecule has 0 unspecified atom stereocenters. The summed E-state index contributed by atoms with van der Waals surface area (Å²) >= 11 is 0. The highest BCUT2D eigenvalue weighted by molar-refractivity contribution is 6.00. The number of hydrogen-bond acceptors (Lipinski definition) is 3. The predicted molar refractivity (Wildman–Crippen MR) is 40.7 cm³/mol. The molecule has 0 aromatic heterocycles. The Morgan fingerprint density at radius 2 is 1.35 bits per heavy atom. The first-order valence-corrected chi connectivity index (χ1v) is 4.00. The van der Waals surface area contributed by atoms with Crippen molar-refractivity contribution in [1.29, 1.82) is 0 Å². The van der Waals surface area contributed by atoms with Gasteiger partial charge in [0.1, 0.15) is 0 Å². The molecule has 0 saturated carbocycles. The first-order valence-electron chi connectivity index (χ1n) is 4.00. The van der Waals surface area contributed by atoms with Crippen molar-refractivity contribution < 1.29 is 40.7 Å². The lowest BCUT2D eigenvalue weighted by atomic mass is 10.4. The van der Waals surface area contributed by atoms with Crippen LogP contribution in [0.2, 0.25) is 0 Å². The molecule has 2 amide bonds. The first-order chi connectivity index (χ1) is 7.51. The largest absolute Gasteiger partial charge is 0.471 e. The summed E-state index contributed by atoms with van der Waals surface area (Å²) in [6, 6.07) is 0. The third kappa shape index (κ3) is 4.59. The van der Waals surface area contributed by atoms with Crippen LogP contribution in [-0.2, 0) is 14.3 Å². The molecular formula is C7H7F6NO3. The number of hydrogen-bond donors (Lipinski definition) is 0. The molecule has 0 N–H and O–H groups in total. The van der Waals surface area contributed by atoms with Crippen LogP contribution in [0.15, 0.2) is 0 Å². The van der Waals surface area contributed by atoms with Crippen LogP contribution >= 0.6 is 0 Å². The summed E-state index contributed by atoms with van der Waals surface area (Å²) in [5, 5.41) is 0. The Balaban J connectivity index is 5.02. The average Bonchev–Trinajstić information content (AvgIpc) is 2.14. The van der Waals surface area contributed by atoms with Crippen LogP contribution in [0.5, 0.6) is 0 Å². The molecule has 100 valence electrons. The molecule has 0 atom stereocenters. The van der Waals surface area contributed by atoms with E-state index < -0.39 is 42.2 Å². The molecule has 0 aromatic carbocycles. The summed E-state index contributed by atoms with van der Waals surface area (Å²) in [4.78, 5) is 20.2. The zero-order valence-corrected chi connectivity index (χ0v) is 8.35. The van der Waals surface area contributed by atoms with Crippen LogP contribution in [0, 0.1) is 0 Å². The van der Waals surface area contributed by atoms with Crippen LogP contribution in [-0.4, -0.2) is 49.3 Å². The second-order valence-electron chi connectivity index (χ2n) is 2.75. The van der Waals surface area contributed by atoms with Gasteiger partial charge in [-0.3, -0.25) is 14.5 Å². The van der Waals surface area contributed by atoms with Crippen molar-refractivity contribution in [3.05, 3.63) is 0 Å². The number of halogens is 6. The number of nitrogens with zero attached hydrogens (tertiary/aromatic N) is 1. The van der Waals surface area contributed by atoms with Gasteiger partial charge in [-0.2, -0.15) is 26.3 Å². The summed E-state index contributed by atoms with van der Waals surface area (Å²) in [5.74, 6) is -5.76. The van der Waals surface area contributed by atoms with Gasteiger partial charge in [0.15, 0.2) is 0 Å². The van der Waals surface area contributed by atoms with Crippen molar-refractivity contribution in [3.8, 4) is 0 Å². The summed E-state index contributed by atoms with van der Waals surface area (Å²) < 4.78 is 75.8. The summed E-state index contributed by atoms with van der Waals surface area (Å²) in [6.45, 7) is -1.77. The van der Waals surface area contributed by atoms with E-state index in [2.05, 4.69) is 4.74 Å². The van der Waals surface area contributed by atoms with Gasteiger partial charge in [-0.15, -0.1) is 0 Å². The zero-order valence-electron chi connectivity index (χ0n) is 8.35. The van der Waals surface area contributed by atoms with E-state index in [1.807, 2.05) is 0 Å². The SMILES string of the molecule is COCCN(C(=O)C(F)(F)F)C(=O)C(F)(F)F. The molecule has 0 bridgehead atoms. The highest BCUT2D eigenvalue weighted by atomic mass is 19.4. The van der Waals surface area contributed by atoms with E-state index in [1.54, 1.807) is 0 Å². The Bertz CT molecular complexity index is 271. The lowest BCUT2D eigenvalue weighted by Crippen LogP contribution is -2.51. The molecular weight excluding hydrogens is 260 g/mol. The molecule has 0 heterocycles. The monoisotopic (exact) mass is 267 g/mol. The molecule has 0 aliphatic rings. The summed E-state index contributed by atoms with van der Waals surface area (Å²) in [6.07, 6.45) is -11.1. The van der Waals surface area contributed by atoms with Crippen molar-refractivity contribution in [2.24, 2.45) is 0 Å². The predicted octanol–water partition coefficient (Wildman–Crippen LogP) is 1.11. The highest BCUT2D eigenvalue weighted by Gasteiger charge is 2.51. The van der Waals surface area contributed by atoms with Crippen molar-refractivity contribution in [2.75, 3.05) is 20.3 Å². The number of methoxy groups -OCH3 is 1. The Kier molecular flexibility index (Phi) is 4.93. The minimum Gasteiger partial charge on any atom is -0.383 e. The second-order valence-corrected chi connectivity index (χ2v) is 2.75. The smallest absolute Gasteiger partial charge is 0.383 e. The average molecular weight is 267 g/mol. The van der Waals surface area contributed by atoms with E-state index in [1.165, 1.54) is 0 Å². The zero-order chi connectivity index (χ0) is 13.9. The van der Waals surface area contributed by atoms with E-state index in [9.17, 15) is 35.9 Å². The van der Waals surface area contributed by atoms with Crippen molar-refractivity contribution in [1.82, 2.24) is 4.90 Å². The quantitative estimate of drug-likeness (QED) is 0.720. The fraction of sp³-hybridized carbons (Fsp3) is 0.714. The third-order valence-corrected chi connectivity index (χ3v) is 1.49. The Morgan fingerprint density at radius 1 is 1.00 bits per heavy atom. The number of imide groups is 1. The molecule has 0 fully saturated rings. The summed E-state index contributed by atoms with van der Waals surface area (Å²) in [5.41, 5.74) is 0. The lowest BCUT2D eigenvalue weighted by Gasteiger charge is -2.22. The van der Waals surface area contributed by atoms with Crippen LogP contribution in [0.3, 0.4) is 0 Å². The Hall–Kier alpha value is -1.32. The lowest BCUT2D eigenvalue weighted by molar-refractivity contribution is -0.204. The topological polar surface area (TPSA) is 46.6 Å². The number of amides is 2. The van der Waals surface area contributed by atoms with E-state index in [0.29, 0.717) is 0 Å². The second kappa shape index (κ2) is 5.34. The van der Waals surface area contributed by atoms with Crippen LogP contribution in [0.25, 0.3) is 0 Å². The maximum Gasteiger partial charge on any atom is 0.471 e. The number of ether oxygens (including phenoxy) is 1. The van der Waals surface area contributed by atoms with Crippen LogP contribution < -0.4 is 0 Å². The minimum atomic E-state index is -5.56. The molecule has 0 radical (unpaired) electrons. The molecule has 0 aliphatic carbocycles. The van der Waals surface area contributed by atoms with Gasteiger partial charge in [-0.05, 0) is 0 Å². The van der Waals surface area contributed by atoms with Gasteiger partial charge in [-0.1, -0.05) is 0 Å². The molecule has 4 nitrogen and oxygen atoms in total. The van der Waals surface area contributed by atoms with Crippen LogP contribution in [0.4, 0.5) is 26.3 Å². The number of rotatable bonds is 3. The van der Waals surface area contributed by atoms with Crippen molar-refractivity contribution in [3.63, 3.8) is 0 Å². The number of alkyl halides is 6. The van der Waals surface area contributed by atoms with E-state index in [-0.39, 0.29) is 0 Å². The van der Waals surface area contributed by atoms with Gasteiger partial charge >= 0.3 is 24.2 Å². The molecule has 0 aromatic rings. The fourth-order valence-electron chi connectivity index (χ4n) is 0.784. The molecule has 17 heavy (non-hydrogen) atoms. The van der Waals surface area contributed by atoms with Gasteiger partial charge in [-0.25, -0.2) is 0 Å². The number of carbonyl (C=O) groups is 2.